The van der Waals surface area contributed by atoms with E-state index in [9.17, 15) is 14.4 Å². The zero-order chi connectivity index (χ0) is 19.6. The molecule has 3 rings (SSSR count). The molecule has 0 atom stereocenters. The molecule has 0 saturated carbocycles. The largest absolute Gasteiger partial charge is 0.493 e. The second-order valence-electron chi connectivity index (χ2n) is 5.50. The molecular formula is C18H17N3O6. The van der Waals surface area contributed by atoms with E-state index in [1.165, 1.54) is 27.4 Å². The molecule has 3 N–H and O–H groups in total. The maximum Gasteiger partial charge on any atom is 0.314 e. The monoisotopic (exact) mass is 371 g/mol. The van der Waals surface area contributed by atoms with Crippen LogP contribution in [-0.4, -0.2) is 37.2 Å². The number of rotatable bonds is 5. The number of anilines is 1. The summed E-state index contributed by atoms with van der Waals surface area (Å²) in [5, 5.41) is 2.72. The average Bonchev–Trinajstić information content (AvgIpc) is 2.67. The maximum atomic E-state index is 12.7. The van der Waals surface area contributed by atoms with E-state index < -0.39 is 17.0 Å². The molecule has 3 aromatic rings. The second-order valence-corrected chi connectivity index (χ2v) is 5.50. The Kier molecular flexibility index (Phi) is 4.84. The average molecular weight is 371 g/mol. The van der Waals surface area contributed by atoms with Gasteiger partial charge in [-0.3, -0.25) is 14.4 Å². The van der Waals surface area contributed by atoms with Crippen LogP contribution in [0.2, 0.25) is 0 Å². The Morgan fingerprint density at radius 1 is 0.926 bits per heavy atom. The molecule has 0 aliphatic rings. The summed E-state index contributed by atoms with van der Waals surface area (Å²) in [4.78, 5) is 40.7. The lowest BCUT2D eigenvalue weighted by atomic mass is 10.1. The first-order valence-corrected chi connectivity index (χ1v) is 7.85. The number of ether oxygens (including phenoxy) is 3. The zero-order valence-electron chi connectivity index (χ0n) is 14.8. The van der Waals surface area contributed by atoms with Crippen molar-refractivity contribution in [3.63, 3.8) is 0 Å². The summed E-state index contributed by atoms with van der Waals surface area (Å²) in [5.74, 6) is 0.660. The number of amides is 1. The third-order valence-corrected chi connectivity index (χ3v) is 3.92. The number of fused-ring (bicyclic) bond motifs is 1. The van der Waals surface area contributed by atoms with Gasteiger partial charge in [0.2, 0.25) is 5.75 Å². The first kappa shape index (κ1) is 18.1. The SMILES string of the molecule is COc1cc(NC(=O)c2cccc3[nH]c(=O)c(=O)[nH]c23)cc(OC)c1OC. The van der Waals surface area contributed by atoms with E-state index in [0.29, 0.717) is 28.5 Å². The molecule has 27 heavy (non-hydrogen) atoms. The molecule has 1 aromatic heterocycles. The molecular weight excluding hydrogens is 354 g/mol. The molecule has 0 aliphatic carbocycles. The highest BCUT2D eigenvalue weighted by Gasteiger charge is 2.17. The molecule has 0 saturated heterocycles. The molecule has 1 heterocycles. The molecule has 0 fully saturated rings. The number of hydrogen-bond donors (Lipinski definition) is 3. The molecule has 0 spiro atoms. The highest BCUT2D eigenvalue weighted by atomic mass is 16.5. The predicted molar refractivity (Wildman–Crippen MR) is 99.2 cm³/mol. The number of aromatic nitrogens is 2. The lowest BCUT2D eigenvalue weighted by Gasteiger charge is -2.15. The molecule has 0 aliphatic heterocycles. The van der Waals surface area contributed by atoms with E-state index >= 15 is 0 Å². The summed E-state index contributed by atoms with van der Waals surface area (Å²) in [6.45, 7) is 0. The molecule has 2 aromatic carbocycles. The van der Waals surface area contributed by atoms with Crippen molar-refractivity contribution in [2.45, 2.75) is 0 Å². The van der Waals surface area contributed by atoms with Gasteiger partial charge in [0.1, 0.15) is 0 Å². The number of carbonyl (C=O) groups is 1. The van der Waals surface area contributed by atoms with Crippen LogP contribution in [0.25, 0.3) is 11.0 Å². The van der Waals surface area contributed by atoms with Crippen molar-refractivity contribution in [3.8, 4) is 17.2 Å². The van der Waals surface area contributed by atoms with Crippen molar-refractivity contribution in [3.05, 3.63) is 56.6 Å². The van der Waals surface area contributed by atoms with Crippen molar-refractivity contribution < 1.29 is 19.0 Å². The number of aromatic amines is 2. The summed E-state index contributed by atoms with van der Waals surface area (Å²) >= 11 is 0. The Balaban J connectivity index is 2.04. The molecule has 140 valence electrons. The lowest BCUT2D eigenvalue weighted by Crippen LogP contribution is -2.29. The van der Waals surface area contributed by atoms with Gasteiger partial charge in [0, 0.05) is 17.8 Å². The first-order chi connectivity index (χ1) is 13.0. The number of benzene rings is 2. The Morgan fingerprint density at radius 3 is 2.15 bits per heavy atom. The van der Waals surface area contributed by atoms with Gasteiger partial charge in [0.05, 0.1) is 37.9 Å². The first-order valence-electron chi connectivity index (χ1n) is 7.85. The topological polar surface area (TPSA) is 123 Å². The zero-order valence-corrected chi connectivity index (χ0v) is 14.8. The smallest absolute Gasteiger partial charge is 0.314 e. The van der Waals surface area contributed by atoms with Crippen molar-refractivity contribution >= 4 is 22.6 Å². The fraction of sp³-hybridized carbons (Fsp3) is 0.167. The third-order valence-electron chi connectivity index (χ3n) is 3.92. The molecule has 9 heteroatoms. The van der Waals surface area contributed by atoms with Gasteiger partial charge in [-0.25, -0.2) is 0 Å². The Hall–Kier alpha value is -3.75. The van der Waals surface area contributed by atoms with Gasteiger partial charge in [0.15, 0.2) is 11.5 Å². The van der Waals surface area contributed by atoms with E-state index in [4.69, 9.17) is 14.2 Å². The molecule has 1 amide bonds. The minimum Gasteiger partial charge on any atom is -0.493 e. The van der Waals surface area contributed by atoms with Crippen LogP contribution < -0.4 is 30.6 Å². The van der Waals surface area contributed by atoms with Crippen LogP contribution in [0.15, 0.2) is 39.9 Å². The summed E-state index contributed by atoms with van der Waals surface area (Å²) in [6, 6.07) is 7.87. The van der Waals surface area contributed by atoms with Crippen molar-refractivity contribution in [2.75, 3.05) is 26.6 Å². The number of hydrogen-bond acceptors (Lipinski definition) is 6. The maximum absolute atomic E-state index is 12.7. The van der Waals surface area contributed by atoms with Crippen molar-refractivity contribution in [1.82, 2.24) is 9.97 Å². The number of carbonyl (C=O) groups excluding carboxylic acids is 1. The number of methoxy groups -OCH3 is 3. The fourth-order valence-electron chi connectivity index (χ4n) is 2.68. The molecule has 0 unspecified atom stereocenters. The summed E-state index contributed by atoms with van der Waals surface area (Å²) in [6.07, 6.45) is 0. The molecule has 0 radical (unpaired) electrons. The van der Waals surface area contributed by atoms with E-state index in [1.54, 1.807) is 24.3 Å². The minimum absolute atomic E-state index is 0.189. The summed E-state index contributed by atoms with van der Waals surface area (Å²) < 4.78 is 15.8. The van der Waals surface area contributed by atoms with Gasteiger partial charge >= 0.3 is 11.1 Å². The van der Waals surface area contributed by atoms with Gasteiger partial charge in [-0.2, -0.15) is 0 Å². The van der Waals surface area contributed by atoms with E-state index in [0.717, 1.165) is 0 Å². The number of nitrogens with one attached hydrogen (secondary N) is 3. The highest BCUT2D eigenvalue weighted by molar-refractivity contribution is 6.11. The van der Waals surface area contributed by atoms with Gasteiger partial charge in [-0.05, 0) is 12.1 Å². The van der Waals surface area contributed by atoms with Crippen LogP contribution in [0.1, 0.15) is 10.4 Å². The quantitative estimate of drug-likeness (QED) is 0.584. The van der Waals surface area contributed by atoms with E-state index in [2.05, 4.69) is 15.3 Å². The Labute approximate surface area is 152 Å². The number of para-hydroxylation sites is 1. The standard InChI is InChI=1S/C18H17N3O6/c1-25-12-7-9(8-13(26-2)15(12)27-3)19-16(22)10-5-4-6-11-14(10)21-18(24)17(23)20-11/h4-8H,1-3H3,(H,19,22)(H,20,23)(H,21,24). The minimum atomic E-state index is -0.837. The fourth-order valence-corrected chi connectivity index (χ4v) is 2.68. The Morgan fingerprint density at radius 2 is 1.56 bits per heavy atom. The van der Waals surface area contributed by atoms with Crippen LogP contribution in [0, 0.1) is 0 Å². The molecule has 9 nitrogen and oxygen atoms in total. The summed E-state index contributed by atoms with van der Waals surface area (Å²) in [7, 11) is 4.41. The van der Waals surface area contributed by atoms with Gasteiger partial charge in [-0.1, -0.05) is 6.07 Å². The second kappa shape index (κ2) is 7.24. The summed E-state index contributed by atoms with van der Waals surface area (Å²) in [5.41, 5.74) is -0.461. The van der Waals surface area contributed by atoms with Gasteiger partial charge in [-0.15, -0.1) is 0 Å². The normalized spacial score (nSPS) is 10.5. The highest BCUT2D eigenvalue weighted by Crippen LogP contribution is 2.40. The van der Waals surface area contributed by atoms with Gasteiger partial charge < -0.3 is 29.5 Å². The lowest BCUT2D eigenvalue weighted by molar-refractivity contribution is 0.102. The van der Waals surface area contributed by atoms with Crippen LogP contribution in [0.5, 0.6) is 17.2 Å². The molecule has 0 bridgehead atoms. The van der Waals surface area contributed by atoms with Crippen molar-refractivity contribution in [2.24, 2.45) is 0 Å². The Bertz CT molecular complexity index is 1110. The predicted octanol–water partition coefficient (Wildman–Crippen LogP) is 1.49. The van der Waals surface area contributed by atoms with E-state index in [1.807, 2.05) is 0 Å². The third kappa shape index (κ3) is 3.34. The van der Waals surface area contributed by atoms with E-state index in [-0.39, 0.29) is 11.1 Å². The number of H-pyrrole nitrogens is 2. The van der Waals surface area contributed by atoms with Crippen LogP contribution in [-0.2, 0) is 0 Å². The van der Waals surface area contributed by atoms with Gasteiger partial charge in [0.25, 0.3) is 5.91 Å². The van der Waals surface area contributed by atoms with Crippen LogP contribution >= 0.6 is 0 Å². The van der Waals surface area contributed by atoms with Crippen LogP contribution in [0.3, 0.4) is 0 Å². The van der Waals surface area contributed by atoms with Crippen LogP contribution in [0.4, 0.5) is 5.69 Å². The van der Waals surface area contributed by atoms with Crippen molar-refractivity contribution in [1.29, 1.82) is 0 Å².